The van der Waals surface area contributed by atoms with Crippen LogP contribution < -0.4 is 0 Å². The van der Waals surface area contributed by atoms with Gasteiger partial charge in [0, 0.05) is 12.0 Å². The number of rotatable bonds is 5. The third kappa shape index (κ3) is 6.32. The number of hydrogen-bond donors (Lipinski definition) is 0. The molecule has 0 bridgehead atoms. The molecular formula is C24H35NO4. The van der Waals surface area contributed by atoms with Crippen LogP contribution in [0, 0.1) is 35.0 Å². The molecule has 0 N–H and O–H groups in total. The number of esters is 2. The lowest BCUT2D eigenvalue weighted by molar-refractivity contribution is -0.157. The van der Waals surface area contributed by atoms with Crippen LogP contribution in [0.15, 0.2) is 12.2 Å². The van der Waals surface area contributed by atoms with Crippen molar-refractivity contribution < 1.29 is 19.1 Å². The first kappa shape index (κ1) is 21.9. The first-order valence-electron chi connectivity index (χ1n) is 11.5. The van der Waals surface area contributed by atoms with E-state index in [1.807, 2.05) is 6.92 Å². The van der Waals surface area contributed by atoms with Crippen molar-refractivity contribution in [2.24, 2.45) is 23.7 Å². The second-order valence-electron chi connectivity index (χ2n) is 9.12. The molecule has 0 heterocycles. The van der Waals surface area contributed by atoms with Crippen LogP contribution in [0.5, 0.6) is 0 Å². The quantitative estimate of drug-likeness (QED) is 0.473. The molecule has 0 aliphatic heterocycles. The molecule has 3 aliphatic rings. The average molecular weight is 402 g/mol. The fraction of sp³-hybridized carbons (Fsp3) is 0.792. The van der Waals surface area contributed by atoms with Crippen molar-refractivity contribution in [2.45, 2.75) is 96.2 Å². The Balaban J connectivity index is 1.35. The number of nitrogens with zero attached hydrogens (tertiary/aromatic N) is 1. The highest BCUT2D eigenvalue weighted by atomic mass is 16.5. The maximum atomic E-state index is 12.6. The van der Waals surface area contributed by atoms with E-state index in [0.29, 0.717) is 11.8 Å². The van der Waals surface area contributed by atoms with Crippen molar-refractivity contribution in [1.29, 1.82) is 5.26 Å². The summed E-state index contributed by atoms with van der Waals surface area (Å²) in [5, 5.41) is 8.99. The zero-order valence-corrected chi connectivity index (χ0v) is 17.7. The van der Waals surface area contributed by atoms with Gasteiger partial charge in [-0.3, -0.25) is 4.79 Å². The molecule has 29 heavy (non-hydrogen) atoms. The van der Waals surface area contributed by atoms with Gasteiger partial charge in [0.05, 0.1) is 12.0 Å². The van der Waals surface area contributed by atoms with Gasteiger partial charge >= 0.3 is 11.9 Å². The van der Waals surface area contributed by atoms with Crippen LogP contribution in [0.3, 0.4) is 0 Å². The van der Waals surface area contributed by atoms with Crippen molar-refractivity contribution in [3.8, 4) is 6.07 Å². The second kappa shape index (κ2) is 10.8. The fourth-order valence-electron chi connectivity index (χ4n) is 5.41. The zero-order valence-electron chi connectivity index (χ0n) is 17.7. The first-order chi connectivity index (χ1) is 14.1. The van der Waals surface area contributed by atoms with Crippen LogP contribution in [0.4, 0.5) is 0 Å². The maximum Gasteiger partial charge on any atom is 0.330 e. The minimum atomic E-state index is -0.226. The van der Waals surface area contributed by atoms with E-state index in [1.54, 1.807) is 6.08 Å². The Bertz CT molecular complexity index is 613. The van der Waals surface area contributed by atoms with E-state index in [4.69, 9.17) is 14.7 Å². The SMILES string of the molecule is C/C=C/C(=O)O[C@H]1CC[C@H]([C@H]2CC[C@H](C(=O)O[C@H]3CC[C@H](C#N)CC3)CC2)CC1. The molecule has 0 aromatic carbocycles. The predicted octanol–water partition coefficient (Wildman–Crippen LogP) is 5.10. The van der Waals surface area contributed by atoms with E-state index in [0.717, 1.165) is 77.0 Å². The van der Waals surface area contributed by atoms with Gasteiger partial charge in [-0.05, 0) is 95.8 Å². The van der Waals surface area contributed by atoms with Gasteiger partial charge in [0.2, 0.25) is 0 Å². The Kier molecular flexibility index (Phi) is 8.15. The Morgan fingerprint density at radius 1 is 0.793 bits per heavy atom. The van der Waals surface area contributed by atoms with Gasteiger partial charge in [0.1, 0.15) is 12.2 Å². The van der Waals surface area contributed by atoms with Gasteiger partial charge in [-0.25, -0.2) is 4.79 Å². The van der Waals surface area contributed by atoms with E-state index in [1.165, 1.54) is 6.08 Å². The van der Waals surface area contributed by atoms with Crippen molar-refractivity contribution >= 4 is 11.9 Å². The van der Waals surface area contributed by atoms with E-state index in [9.17, 15) is 9.59 Å². The predicted molar refractivity (Wildman–Crippen MR) is 110 cm³/mol. The summed E-state index contributed by atoms with van der Waals surface area (Å²) in [7, 11) is 0. The molecule has 0 spiro atoms. The number of carbonyl (C=O) groups is 2. The summed E-state index contributed by atoms with van der Waals surface area (Å²) in [5.41, 5.74) is 0. The number of allylic oxidation sites excluding steroid dienone is 1. The van der Waals surface area contributed by atoms with Crippen molar-refractivity contribution in [2.75, 3.05) is 0 Å². The van der Waals surface area contributed by atoms with Crippen LogP contribution >= 0.6 is 0 Å². The Morgan fingerprint density at radius 3 is 1.86 bits per heavy atom. The van der Waals surface area contributed by atoms with E-state index in [2.05, 4.69) is 6.07 Å². The monoisotopic (exact) mass is 401 g/mol. The van der Waals surface area contributed by atoms with E-state index in [-0.39, 0.29) is 36.0 Å². The van der Waals surface area contributed by atoms with Crippen molar-refractivity contribution in [3.63, 3.8) is 0 Å². The maximum absolute atomic E-state index is 12.6. The summed E-state index contributed by atoms with van der Waals surface area (Å²) in [4.78, 5) is 24.2. The van der Waals surface area contributed by atoms with E-state index < -0.39 is 0 Å². The number of ether oxygens (including phenoxy) is 2. The normalized spacial score (nSPS) is 35.6. The zero-order chi connectivity index (χ0) is 20.6. The molecule has 3 saturated carbocycles. The molecule has 5 heteroatoms. The third-order valence-corrected chi connectivity index (χ3v) is 7.22. The molecule has 5 nitrogen and oxygen atoms in total. The standard InChI is InChI=1S/C24H35NO4/c1-2-3-23(26)28-21-14-10-19(11-15-21)18-6-8-20(9-7-18)24(27)29-22-12-4-17(16-25)5-13-22/h2-3,17-22H,4-15H2,1H3/b3-2+/t17-,18-,19-,20-,21-,22-. The Labute approximate surface area is 174 Å². The number of carbonyl (C=O) groups excluding carboxylic acids is 2. The summed E-state index contributed by atoms with van der Waals surface area (Å²) in [6, 6.07) is 2.33. The largest absolute Gasteiger partial charge is 0.462 e. The lowest BCUT2D eigenvalue weighted by atomic mass is 9.70. The lowest BCUT2D eigenvalue weighted by Gasteiger charge is -2.37. The average Bonchev–Trinajstić information content (AvgIpc) is 2.75. The molecule has 3 aliphatic carbocycles. The Hall–Kier alpha value is -1.83. The molecule has 0 radical (unpaired) electrons. The van der Waals surface area contributed by atoms with Gasteiger partial charge in [-0.1, -0.05) is 6.08 Å². The topological polar surface area (TPSA) is 76.4 Å². The number of nitriles is 1. The highest BCUT2D eigenvalue weighted by molar-refractivity contribution is 5.81. The van der Waals surface area contributed by atoms with Gasteiger partial charge in [0.25, 0.3) is 0 Å². The van der Waals surface area contributed by atoms with Gasteiger partial charge in [-0.2, -0.15) is 5.26 Å². The van der Waals surface area contributed by atoms with Crippen LogP contribution in [-0.2, 0) is 19.1 Å². The van der Waals surface area contributed by atoms with Crippen LogP contribution in [0.1, 0.15) is 84.0 Å². The molecule has 160 valence electrons. The van der Waals surface area contributed by atoms with Gasteiger partial charge in [-0.15, -0.1) is 0 Å². The highest BCUT2D eigenvalue weighted by Gasteiger charge is 2.35. The lowest BCUT2D eigenvalue weighted by Crippen LogP contribution is -2.33. The fourth-order valence-corrected chi connectivity index (χ4v) is 5.41. The molecule has 0 aromatic heterocycles. The van der Waals surface area contributed by atoms with Gasteiger partial charge < -0.3 is 9.47 Å². The molecule has 3 rings (SSSR count). The summed E-state index contributed by atoms with van der Waals surface area (Å²) in [5.74, 6) is 1.35. The first-order valence-corrected chi connectivity index (χ1v) is 11.5. The molecule has 3 fully saturated rings. The number of hydrogen-bond acceptors (Lipinski definition) is 5. The molecule has 0 saturated heterocycles. The minimum Gasteiger partial charge on any atom is -0.462 e. The molecule has 0 amide bonds. The van der Waals surface area contributed by atoms with Crippen LogP contribution in [-0.4, -0.2) is 24.1 Å². The summed E-state index contributed by atoms with van der Waals surface area (Å²) in [6.45, 7) is 1.82. The summed E-state index contributed by atoms with van der Waals surface area (Å²) in [6.07, 6.45) is 14.9. The van der Waals surface area contributed by atoms with E-state index >= 15 is 0 Å². The molecule has 0 atom stereocenters. The molecule has 0 aromatic rings. The minimum absolute atomic E-state index is 0.0107. The smallest absolute Gasteiger partial charge is 0.330 e. The highest BCUT2D eigenvalue weighted by Crippen LogP contribution is 2.41. The Morgan fingerprint density at radius 2 is 1.31 bits per heavy atom. The van der Waals surface area contributed by atoms with Gasteiger partial charge in [0.15, 0.2) is 0 Å². The molecular weight excluding hydrogens is 366 g/mol. The van der Waals surface area contributed by atoms with Crippen LogP contribution in [0.25, 0.3) is 0 Å². The summed E-state index contributed by atoms with van der Waals surface area (Å²) >= 11 is 0. The van der Waals surface area contributed by atoms with Crippen molar-refractivity contribution in [1.82, 2.24) is 0 Å². The molecule has 0 unspecified atom stereocenters. The second-order valence-corrected chi connectivity index (χ2v) is 9.12. The third-order valence-electron chi connectivity index (χ3n) is 7.22. The summed E-state index contributed by atoms with van der Waals surface area (Å²) < 4.78 is 11.3. The van der Waals surface area contributed by atoms with Crippen molar-refractivity contribution in [3.05, 3.63) is 12.2 Å². The van der Waals surface area contributed by atoms with Crippen LogP contribution in [0.2, 0.25) is 0 Å².